The van der Waals surface area contributed by atoms with Crippen molar-refractivity contribution in [3.8, 4) is 0 Å². The highest BCUT2D eigenvalue weighted by Crippen LogP contribution is 2.22. The standard InChI is InChI=1S/C14H21N5O2S/c1-5-15-14-17-9(4)11(22-14)13(20)16-7-6-10-18-12(8(2)3)19-21-10/h8H,5-7H2,1-4H3,(H,15,17)(H,16,20). The zero-order valence-corrected chi connectivity index (χ0v) is 14.1. The van der Waals surface area contributed by atoms with Gasteiger partial charge in [0.1, 0.15) is 4.88 Å². The van der Waals surface area contributed by atoms with Crippen LogP contribution in [-0.2, 0) is 6.42 Å². The van der Waals surface area contributed by atoms with Gasteiger partial charge in [-0.15, -0.1) is 0 Å². The summed E-state index contributed by atoms with van der Waals surface area (Å²) in [5.41, 5.74) is 0.735. The van der Waals surface area contributed by atoms with E-state index >= 15 is 0 Å². The molecular formula is C14H21N5O2S. The van der Waals surface area contributed by atoms with Crippen molar-refractivity contribution < 1.29 is 9.32 Å². The molecule has 0 atom stereocenters. The maximum atomic E-state index is 12.2. The molecule has 0 saturated heterocycles. The molecule has 0 bridgehead atoms. The minimum absolute atomic E-state index is 0.122. The number of amides is 1. The quantitative estimate of drug-likeness (QED) is 0.812. The number of aromatic nitrogens is 3. The number of nitrogens with zero attached hydrogens (tertiary/aromatic N) is 3. The lowest BCUT2D eigenvalue weighted by Gasteiger charge is -2.01. The summed E-state index contributed by atoms with van der Waals surface area (Å²) in [6.45, 7) is 9.07. The van der Waals surface area contributed by atoms with Crippen LogP contribution >= 0.6 is 11.3 Å². The van der Waals surface area contributed by atoms with Crippen molar-refractivity contribution in [2.24, 2.45) is 0 Å². The topological polar surface area (TPSA) is 92.9 Å². The predicted octanol–water partition coefficient (Wildman–Crippen LogP) is 2.36. The number of anilines is 1. The molecule has 8 heteroatoms. The fourth-order valence-corrected chi connectivity index (χ4v) is 2.75. The molecule has 0 aromatic carbocycles. The number of rotatable bonds is 7. The van der Waals surface area contributed by atoms with E-state index in [0.29, 0.717) is 29.6 Å². The molecule has 0 spiro atoms. The highest BCUT2D eigenvalue weighted by molar-refractivity contribution is 7.17. The van der Waals surface area contributed by atoms with Gasteiger partial charge in [0.25, 0.3) is 5.91 Å². The molecule has 2 rings (SSSR count). The van der Waals surface area contributed by atoms with Gasteiger partial charge in [-0.25, -0.2) is 4.98 Å². The van der Waals surface area contributed by atoms with Crippen molar-refractivity contribution in [3.63, 3.8) is 0 Å². The van der Waals surface area contributed by atoms with Crippen LogP contribution in [0.25, 0.3) is 0 Å². The molecule has 2 N–H and O–H groups in total. The third-order valence-corrected chi connectivity index (χ3v) is 4.07. The number of carbonyl (C=O) groups excluding carboxylic acids is 1. The molecule has 2 aromatic heterocycles. The minimum Gasteiger partial charge on any atom is -0.362 e. The third kappa shape index (κ3) is 4.03. The molecule has 120 valence electrons. The van der Waals surface area contributed by atoms with Gasteiger partial charge in [0.15, 0.2) is 11.0 Å². The Morgan fingerprint density at radius 3 is 2.77 bits per heavy atom. The van der Waals surface area contributed by atoms with E-state index in [1.807, 2.05) is 27.7 Å². The summed E-state index contributed by atoms with van der Waals surface area (Å²) in [5.74, 6) is 1.34. The van der Waals surface area contributed by atoms with E-state index < -0.39 is 0 Å². The normalized spacial score (nSPS) is 11.0. The van der Waals surface area contributed by atoms with Crippen molar-refractivity contribution in [1.29, 1.82) is 0 Å². The zero-order valence-electron chi connectivity index (χ0n) is 13.3. The Balaban J connectivity index is 1.87. The van der Waals surface area contributed by atoms with E-state index in [2.05, 4.69) is 25.8 Å². The summed E-state index contributed by atoms with van der Waals surface area (Å²) in [6.07, 6.45) is 0.517. The summed E-state index contributed by atoms with van der Waals surface area (Å²) < 4.78 is 5.14. The van der Waals surface area contributed by atoms with E-state index in [0.717, 1.165) is 17.4 Å². The number of thiazole rings is 1. The molecule has 0 aliphatic heterocycles. The maximum Gasteiger partial charge on any atom is 0.263 e. The Kier molecular flexibility index (Phi) is 5.48. The van der Waals surface area contributed by atoms with Crippen molar-refractivity contribution in [2.75, 3.05) is 18.4 Å². The van der Waals surface area contributed by atoms with E-state index in [-0.39, 0.29) is 11.8 Å². The molecule has 0 aliphatic rings. The lowest BCUT2D eigenvalue weighted by atomic mass is 10.2. The van der Waals surface area contributed by atoms with Crippen LogP contribution in [-0.4, -0.2) is 34.1 Å². The van der Waals surface area contributed by atoms with Crippen LogP contribution in [0.4, 0.5) is 5.13 Å². The van der Waals surface area contributed by atoms with Crippen molar-refractivity contribution in [3.05, 3.63) is 22.3 Å². The van der Waals surface area contributed by atoms with Crippen LogP contribution in [0.1, 0.15) is 53.8 Å². The molecule has 0 unspecified atom stereocenters. The Labute approximate surface area is 133 Å². The molecule has 7 nitrogen and oxygen atoms in total. The van der Waals surface area contributed by atoms with Gasteiger partial charge < -0.3 is 15.2 Å². The van der Waals surface area contributed by atoms with Gasteiger partial charge in [0.2, 0.25) is 5.89 Å². The monoisotopic (exact) mass is 323 g/mol. The first-order valence-electron chi connectivity index (χ1n) is 7.33. The fraction of sp³-hybridized carbons (Fsp3) is 0.571. The molecule has 0 aliphatic carbocycles. The fourth-order valence-electron chi connectivity index (χ4n) is 1.80. The largest absolute Gasteiger partial charge is 0.362 e. The van der Waals surface area contributed by atoms with E-state index in [1.54, 1.807) is 0 Å². The number of nitrogens with one attached hydrogen (secondary N) is 2. The van der Waals surface area contributed by atoms with Crippen molar-refractivity contribution in [1.82, 2.24) is 20.4 Å². The summed E-state index contributed by atoms with van der Waals surface area (Å²) in [4.78, 5) is 21.4. The van der Waals surface area contributed by atoms with Crippen LogP contribution in [0.15, 0.2) is 4.52 Å². The second-order valence-electron chi connectivity index (χ2n) is 5.17. The lowest BCUT2D eigenvalue weighted by Crippen LogP contribution is -2.25. The Morgan fingerprint density at radius 1 is 1.36 bits per heavy atom. The molecule has 2 heterocycles. The van der Waals surface area contributed by atoms with E-state index in [1.165, 1.54) is 11.3 Å². The first-order chi connectivity index (χ1) is 10.5. The predicted molar refractivity (Wildman–Crippen MR) is 85.4 cm³/mol. The average molecular weight is 323 g/mol. The van der Waals surface area contributed by atoms with Crippen LogP contribution in [0.2, 0.25) is 0 Å². The smallest absolute Gasteiger partial charge is 0.263 e. The summed E-state index contributed by atoms with van der Waals surface area (Å²) in [5, 5.41) is 10.6. The second-order valence-corrected chi connectivity index (χ2v) is 6.17. The van der Waals surface area contributed by atoms with Gasteiger partial charge in [-0.05, 0) is 13.8 Å². The van der Waals surface area contributed by atoms with Gasteiger partial charge in [-0.3, -0.25) is 4.79 Å². The first kappa shape index (κ1) is 16.4. The highest BCUT2D eigenvalue weighted by Gasteiger charge is 2.15. The number of hydrogen-bond donors (Lipinski definition) is 2. The summed E-state index contributed by atoms with van der Waals surface area (Å²) >= 11 is 1.36. The van der Waals surface area contributed by atoms with Crippen molar-refractivity contribution >= 4 is 22.4 Å². The number of hydrogen-bond acceptors (Lipinski definition) is 7. The van der Waals surface area contributed by atoms with Crippen LogP contribution in [0.5, 0.6) is 0 Å². The Hall–Kier alpha value is -1.96. The van der Waals surface area contributed by atoms with Gasteiger partial charge in [0.05, 0.1) is 5.69 Å². The number of carbonyl (C=O) groups is 1. The molecule has 0 radical (unpaired) electrons. The Bertz CT molecular complexity index is 635. The summed E-state index contributed by atoms with van der Waals surface area (Å²) in [7, 11) is 0. The van der Waals surface area contributed by atoms with E-state index in [9.17, 15) is 4.79 Å². The SMILES string of the molecule is CCNc1nc(C)c(C(=O)NCCc2nc(C(C)C)no2)s1. The molecular weight excluding hydrogens is 302 g/mol. The van der Waals surface area contributed by atoms with Crippen LogP contribution in [0, 0.1) is 6.92 Å². The lowest BCUT2D eigenvalue weighted by molar-refractivity contribution is 0.0956. The minimum atomic E-state index is -0.122. The van der Waals surface area contributed by atoms with Crippen molar-refractivity contribution in [2.45, 2.75) is 40.0 Å². The van der Waals surface area contributed by atoms with Gasteiger partial charge in [-0.2, -0.15) is 4.98 Å². The van der Waals surface area contributed by atoms with E-state index in [4.69, 9.17) is 4.52 Å². The highest BCUT2D eigenvalue weighted by atomic mass is 32.1. The maximum absolute atomic E-state index is 12.2. The van der Waals surface area contributed by atoms with Gasteiger partial charge >= 0.3 is 0 Å². The first-order valence-corrected chi connectivity index (χ1v) is 8.14. The molecule has 0 saturated carbocycles. The number of aryl methyl sites for hydroxylation is 1. The van der Waals surface area contributed by atoms with Gasteiger partial charge in [0, 0.05) is 25.4 Å². The molecule has 1 amide bonds. The Morgan fingerprint density at radius 2 is 2.14 bits per heavy atom. The third-order valence-electron chi connectivity index (χ3n) is 2.96. The second kappa shape index (κ2) is 7.35. The zero-order chi connectivity index (χ0) is 16.1. The summed E-state index contributed by atoms with van der Waals surface area (Å²) in [6, 6.07) is 0. The molecule has 22 heavy (non-hydrogen) atoms. The van der Waals surface area contributed by atoms with Crippen LogP contribution < -0.4 is 10.6 Å². The van der Waals surface area contributed by atoms with Gasteiger partial charge in [-0.1, -0.05) is 30.3 Å². The molecule has 0 fully saturated rings. The van der Waals surface area contributed by atoms with Crippen LogP contribution in [0.3, 0.4) is 0 Å². The molecule has 2 aromatic rings. The average Bonchev–Trinajstić information content (AvgIpc) is 3.06.